The summed E-state index contributed by atoms with van der Waals surface area (Å²) >= 11 is 0. The molecule has 192 valence electrons. The zero-order valence-corrected chi connectivity index (χ0v) is 21.4. The van der Waals surface area contributed by atoms with Crippen LogP contribution in [0.15, 0.2) is 42.9 Å². The number of carbonyl (C=O) groups is 2. The summed E-state index contributed by atoms with van der Waals surface area (Å²) in [7, 11) is 0. The number of pyridine rings is 3. The van der Waals surface area contributed by atoms with Crippen LogP contribution in [0.2, 0.25) is 0 Å². The van der Waals surface area contributed by atoms with E-state index in [1.807, 2.05) is 19.9 Å². The Kier molecular flexibility index (Phi) is 6.49. The zero-order chi connectivity index (χ0) is 26.3. The molecule has 5 rings (SSSR count). The first-order valence-electron chi connectivity index (χ1n) is 12.5. The molecular formula is C28H30FN5O3. The molecule has 0 saturated carbocycles. The second-order valence-corrected chi connectivity index (χ2v) is 10.0. The number of hydrogen-bond acceptors (Lipinski definition) is 6. The summed E-state index contributed by atoms with van der Waals surface area (Å²) in [4.78, 5) is 40.9. The van der Waals surface area contributed by atoms with E-state index < -0.39 is 5.67 Å². The van der Waals surface area contributed by atoms with E-state index in [-0.39, 0.29) is 29.3 Å². The maximum Gasteiger partial charge on any atom is 0.255 e. The molecule has 1 fully saturated rings. The van der Waals surface area contributed by atoms with Crippen LogP contribution >= 0.6 is 0 Å². The van der Waals surface area contributed by atoms with Gasteiger partial charge in [0.1, 0.15) is 11.5 Å². The molecule has 2 atom stereocenters. The molecule has 0 bridgehead atoms. The predicted octanol–water partition coefficient (Wildman–Crippen LogP) is 4.79. The van der Waals surface area contributed by atoms with Crippen molar-refractivity contribution in [2.24, 2.45) is 5.92 Å². The van der Waals surface area contributed by atoms with Crippen molar-refractivity contribution in [2.45, 2.75) is 45.7 Å². The first-order chi connectivity index (χ1) is 17.7. The molecule has 3 aromatic rings. The molecule has 2 unspecified atom stereocenters. The van der Waals surface area contributed by atoms with Gasteiger partial charge in [-0.25, -0.2) is 9.37 Å². The maximum atomic E-state index is 14.3. The normalized spacial score (nSPS) is 19.3. The summed E-state index contributed by atoms with van der Waals surface area (Å²) in [6.45, 7) is 8.22. The molecule has 2 amide bonds. The van der Waals surface area contributed by atoms with Gasteiger partial charge in [-0.15, -0.1) is 0 Å². The summed E-state index contributed by atoms with van der Waals surface area (Å²) in [5.41, 5.74) is 2.87. The summed E-state index contributed by atoms with van der Waals surface area (Å²) in [6, 6.07) is 6.95. The van der Waals surface area contributed by atoms with Crippen LogP contribution in [-0.4, -0.2) is 46.5 Å². The summed E-state index contributed by atoms with van der Waals surface area (Å²) in [5, 5.41) is 2.86. The van der Waals surface area contributed by atoms with Gasteiger partial charge in [0.05, 0.1) is 30.1 Å². The first kappa shape index (κ1) is 25.0. The third kappa shape index (κ3) is 4.71. The van der Waals surface area contributed by atoms with Crippen LogP contribution in [0.3, 0.4) is 0 Å². The molecule has 8 nitrogen and oxygen atoms in total. The average molecular weight is 504 g/mol. The van der Waals surface area contributed by atoms with E-state index in [2.05, 4.69) is 21.4 Å². The number of fused-ring (bicyclic) bond motifs is 3. The fraction of sp³-hybridized carbons (Fsp3) is 0.393. The molecule has 2 aliphatic heterocycles. The third-order valence-electron chi connectivity index (χ3n) is 7.09. The number of alkyl halides is 1. The van der Waals surface area contributed by atoms with Gasteiger partial charge in [0.2, 0.25) is 5.91 Å². The highest BCUT2D eigenvalue weighted by molar-refractivity contribution is 6.04. The lowest BCUT2D eigenvalue weighted by Crippen LogP contribution is -2.47. The van der Waals surface area contributed by atoms with E-state index in [0.29, 0.717) is 36.8 Å². The van der Waals surface area contributed by atoms with Gasteiger partial charge in [-0.3, -0.25) is 24.5 Å². The zero-order valence-electron chi connectivity index (χ0n) is 21.4. The first-order valence-corrected chi connectivity index (χ1v) is 12.5. The number of carbonyl (C=O) groups excluding carboxylic acids is 2. The Morgan fingerprint density at radius 1 is 1.19 bits per heavy atom. The van der Waals surface area contributed by atoms with E-state index in [9.17, 15) is 14.0 Å². The van der Waals surface area contributed by atoms with Crippen molar-refractivity contribution in [2.75, 3.05) is 30.0 Å². The molecule has 2 aliphatic rings. The van der Waals surface area contributed by atoms with Gasteiger partial charge in [-0.05, 0) is 63.9 Å². The maximum absolute atomic E-state index is 14.3. The van der Waals surface area contributed by atoms with Crippen molar-refractivity contribution >= 4 is 23.3 Å². The molecular weight excluding hydrogens is 473 g/mol. The van der Waals surface area contributed by atoms with E-state index in [1.54, 1.807) is 23.4 Å². The lowest BCUT2D eigenvalue weighted by atomic mass is 9.78. The molecule has 0 aromatic carbocycles. The van der Waals surface area contributed by atoms with Crippen LogP contribution < -0.4 is 10.2 Å². The van der Waals surface area contributed by atoms with E-state index in [4.69, 9.17) is 9.72 Å². The van der Waals surface area contributed by atoms with Gasteiger partial charge in [0, 0.05) is 53.8 Å². The van der Waals surface area contributed by atoms with Gasteiger partial charge in [0.15, 0.2) is 0 Å². The Morgan fingerprint density at radius 2 is 2.00 bits per heavy atom. The van der Waals surface area contributed by atoms with Crippen molar-refractivity contribution in [1.82, 2.24) is 15.0 Å². The van der Waals surface area contributed by atoms with Crippen LogP contribution in [0.25, 0.3) is 11.1 Å². The summed E-state index contributed by atoms with van der Waals surface area (Å²) in [6.07, 6.45) is 5.54. The quantitative estimate of drug-likeness (QED) is 0.538. The number of aromatic nitrogens is 3. The van der Waals surface area contributed by atoms with E-state index in [1.165, 1.54) is 26.1 Å². The number of rotatable bonds is 5. The van der Waals surface area contributed by atoms with Crippen molar-refractivity contribution in [3.8, 4) is 11.1 Å². The van der Waals surface area contributed by atoms with Crippen LogP contribution in [0.4, 0.5) is 15.9 Å². The number of aryl methyl sites for hydroxylation is 1. The Balaban J connectivity index is 1.47. The second kappa shape index (κ2) is 9.63. The monoisotopic (exact) mass is 503 g/mol. The van der Waals surface area contributed by atoms with Crippen molar-refractivity contribution in [3.63, 3.8) is 0 Å². The number of nitrogens with zero attached hydrogens (tertiary/aromatic N) is 4. The molecule has 1 N–H and O–H groups in total. The van der Waals surface area contributed by atoms with Crippen LogP contribution in [0, 0.1) is 12.8 Å². The van der Waals surface area contributed by atoms with Crippen molar-refractivity contribution < 1.29 is 18.7 Å². The molecule has 5 heterocycles. The van der Waals surface area contributed by atoms with Gasteiger partial charge < -0.3 is 10.1 Å². The highest BCUT2D eigenvalue weighted by Crippen LogP contribution is 2.43. The molecule has 9 heteroatoms. The van der Waals surface area contributed by atoms with Gasteiger partial charge in [0.25, 0.3) is 5.91 Å². The SMILES string of the molecule is CCN1C(=O)C2COCCC2c2cc(-c3cc(NC(=O)c4ccnc(C(C)(C)F)c4)cnc3C)cnc21. The molecule has 0 radical (unpaired) electrons. The average Bonchev–Trinajstić information content (AvgIpc) is 2.89. The number of nitrogens with one attached hydrogen (secondary N) is 1. The lowest BCUT2D eigenvalue weighted by Gasteiger charge is -2.40. The molecule has 37 heavy (non-hydrogen) atoms. The van der Waals surface area contributed by atoms with Gasteiger partial charge in [-0.2, -0.15) is 0 Å². The van der Waals surface area contributed by atoms with Gasteiger partial charge >= 0.3 is 0 Å². The number of hydrogen-bond donors (Lipinski definition) is 1. The number of amides is 2. The van der Waals surface area contributed by atoms with Crippen LogP contribution in [0.5, 0.6) is 0 Å². The van der Waals surface area contributed by atoms with Crippen molar-refractivity contribution in [3.05, 3.63) is 65.4 Å². The second-order valence-electron chi connectivity index (χ2n) is 10.0. The van der Waals surface area contributed by atoms with Crippen LogP contribution in [0.1, 0.15) is 60.4 Å². The standard InChI is InChI=1S/C28H30FN5O3/c1-5-34-25-22(20-7-9-37-15-23(20)27(34)36)10-18(13-32-25)21-12-19(14-31-16(21)2)33-26(35)17-6-8-30-24(11-17)28(3,4)29/h6,8,10-14,20,23H,5,7,9,15H2,1-4H3,(H,33,35). The topological polar surface area (TPSA) is 97.3 Å². The molecule has 3 aromatic heterocycles. The largest absolute Gasteiger partial charge is 0.381 e. The Labute approximate surface area is 215 Å². The van der Waals surface area contributed by atoms with E-state index >= 15 is 0 Å². The molecule has 0 spiro atoms. The number of ether oxygens (including phenoxy) is 1. The van der Waals surface area contributed by atoms with E-state index in [0.717, 1.165) is 28.8 Å². The highest BCUT2D eigenvalue weighted by Gasteiger charge is 2.42. The van der Waals surface area contributed by atoms with Crippen molar-refractivity contribution in [1.29, 1.82) is 0 Å². The molecule has 0 aliphatic carbocycles. The Morgan fingerprint density at radius 3 is 2.76 bits per heavy atom. The smallest absolute Gasteiger partial charge is 0.255 e. The fourth-order valence-corrected chi connectivity index (χ4v) is 5.08. The minimum atomic E-state index is -1.66. The summed E-state index contributed by atoms with van der Waals surface area (Å²) < 4.78 is 20.0. The van der Waals surface area contributed by atoms with Crippen LogP contribution in [-0.2, 0) is 15.2 Å². The van der Waals surface area contributed by atoms with Gasteiger partial charge in [-0.1, -0.05) is 0 Å². The fourth-order valence-electron chi connectivity index (χ4n) is 5.08. The Hall–Kier alpha value is -3.72. The summed E-state index contributed by atoms with van der Waals surface area (Å²) in [5.74, 6) is 0.248. The number of anilines is 2. The predicted molar refractivity (Wildman–Crippen MR) is 138 cm³/mol. The number of halogens is 1. The third-order valence-corrected chi connectivity index (χ3v) is 7.09. The minimum Gasteiger partial charge on any atom is -0.381 e. The Bertz CT molecular complexity index is 1370. The minimum absolute atomic E-state index is 0.0586. The highest BCUT2D eigenvalue weighted by atomic mass is 19.1. The molecule has 1 saturated heterocycles. The lowest BCUT2D eigenvalue weighted by molar-refractivity contribution is -0.128.